The summed E-state index contributed by atoms with van der Waals surface area (Å²) in [5.74, 6) is 0.111. The third-order valence-electron chi connectivity index (χ3n) is 5.50. The molecule has 3 aromatic rings. The molecule has 2 aromatic carbocycles. The number of amides is 1. The molecule has 1 unspecified atom stereocenters. The van der Waals surface area contributed by atoms with Crippen LogP contribution in [-0.4, -0.2) is 65.1 Å². The highest BCUT2D eigenvalue weighted by Gasteiger charge is 2.30. The van der Waals surface area contributed by atoms with Gasteiger partial charge in [-0.3, -0.25) is 9.69 Å². The quantitative estimate of drug-likeness (QED) is 0.716. The van der Waals surface area contributed by atoms with Gasteiger partial charge in [0, 0.05) is 63.4 Å². The molecule has 1 amide bonds. The number of nitrogens with one attached hydrogen (secondary N) is 1. The van der Waals surface area contributed by atoms with Crippen LogP contribution in [0.3, 0.4) is 0 Å². The number of methoxy groups -OCH3 is 1. The molecule has 0 bridgehead atoms. The molecule has 1 N–H and O–H groups in total. The predicted octanol–water partition coefficient (Wildman–Crippen LogP) is 2.93. The number of hydrogen-bond acceptors (Lipinski definition) is 4. The number of aromatic amines is 1. The van der Waals surface area contributed by atoms with Crippen LogP contribution in [0.2, 0.25) is 0 Å². The van der Waals surface area contributed by atoms with Crippen molar-refractivity contribution in [3.8, 4) is 0 Å². The SMILES string of the molecule is COCCC1CN(C(=O)c2cccc3ccccc23)CCN1Cc1cnc[nH]1. The highest BCUT2D eigenvalue weighted by atomic mass is 16.5. The molecule has 0 radical (unpaired) electrons. The molecule has 1 atom stereocenters. The van der Waals surface area contributed by atoms with Gasteiger partial charge in [-0.15, -0.1) is 0 Å². The summed E-state index contributed by atoms with van der Waals surface area (Å²) < 4.78 is 5.32. The first-order valence-corrected chi connectivity index (χ1v) is 9.73. The molecule has 1 aliphatic rings. The van der Waals surface area contributed by atoms with E-state index in [9.17, 15) is 4.79 Å². The number of ether oxygens (including phenoxy) is 1. The molecule has 1 aromatic heterocycles. The summed E-state index contributed by atoms with van der Waals surface area (Å²) in [6, 6.07) is 14.3. The molecule has 146 valence electrons. The maximum absolute atomic E-state index is 13.3. The van der Waals surface area contributed by atoms with Crippen molar-refractivity contribution in [3.63, 3.8) is 0 Å². The minimum absolute atomic E-state index is 0.111. The van der Waals surface area contributed by atoms with Crippen molar-refractivity contribution in [1.82, 2.24) is 19.8 Å². The van der Waals surface area contributed by atoms with E-state index in [2.05, 4.69) is 27.0 Å². The molecule has 1 aliphatic heterocycles. The zero-order valence-corrected chi connectivity index (χ0v) is 16.2. The highest BCUT2D eigenvalue weighted by molar-refractivity contribution is 6.07. The number of H-pyrrole nitrogens is 1. The maximum Gasteiger partial charge on any atom is 0.254 e. The van der Waals surface area contributed by atoms with Crippen LogP contribution in [0.25, 0.3) is 10.8 Å². The number of imidazole rings is 1. The molecular formula is C22H26N4O2. The van der Waals surface area contributed by atoms with Crippen LogP contribution >= 0.6 is 0 Å². The van der Waals surface area contributed by atoms with E-state index in [4.69, 9.17) is 4.74 Å². The van der Waals surface area contributed by atoms with E-state index >= 15 is 0 Å². The van der Waals surface area contributed by atoms with Gasteiger partial charge in [-0.1, -0.05) is 36.4 Å². The fourth-order valence-electron chi connectivity index (χ4n) is 3.99. The van der Waals surface area contributed by atoms with Gasteiger partial charge in [-0.2, -0.15) is 0 Å². The number of rotatable bonds is 6. The molecule has 0 aliphatic carbocycles. The minimum Gasteiger partial charge on any atom is -0.385 e. The lowest BCUT2D eigenvalue weighted by atomic mass is 10.0. The average molecular weight is 378 g/mol. The molecular weight excluding hydrogens is 352 g/mol. The zero-order chi connectivity index (χ0) is 19.3. The van der Waals surface area contributed by atoms with E-state index in [1.165, 1.54) is 0 Å². The largest absolute Gasteiger partial charge is 0.385 e. The summed E-state index contributed by atoms with van der Waals surface area (Å²) in [4.78, 5) is 25.0. The normalized spacial score (nSPS) is 17.9. The fraction of sp³-hybridized carbons (Fsp3) is 0.364. The molecule has 1 fully saturated rings. The van der Waals surface area contributed by atoms with Gasteiger partial charge in [0.2, 0.25) is 0 Å². The number of piperazine rings is 1. The number of nitrogens with zero attached hydrogens (tertiary/aromatic N) is 3. The van der Waals surface area contributed by atoms with Gasteiger partial charge in [0.25, 0.3) is 5.91 Å². The molecule has 2 heterocycles. The first-order chi connectivity index (χ1) is 13.8. The molecule has 6 nitrogen and oxygen atoms in total. The van der Waals surface area contributed by atoms with Crippen LogP contribution in [-0.2, 0) is 11.3 Å². The van der Waals surface area contributed by atoms with Gasteiger partial charge >= 0.3 is 0 Å². The Morgan fingerprint density at radius 1 is 1.21 bits per heavy atom. The van der Waals surface area contributed by atoms with Crippen LogP contribution in [0.1, 0.15) is 22.5 Å². The van der Waals surface area contributed by atoms with E-state index in [0.29, 0.717) is 13.2 Å². The van der Waals surface area contributed by atoms with Crippen LogP contribution in [0, 0.1) is 0 Å². The van der Waals surface area contributed by atoms with Gasteiger partial charge < -0.3 is 14.6 Å². The Morgan fingerprint density at radius 2 is 2.07 bits per heavy atom. The lowest BCUT2D eigenvalue weighted by molar-refractivity contribution is 0.0364. The minimum atomic E-state index is 0.111. The van der Waals surface area contributed by atoms with Gasteiger partial charge in [-0.25, -0.2) is 4.98 Å². The first-order valence-electron chi connectivity index (χ1n) is 9.73. The van der Waals surface area contributed by atoms with Crippen LogP contribution in [0.15, 0.2) is 55.0 Å². The third-order valence-corrected chi connectivity index (χ3v) is 5.50. The monoisotopic (exact) mass is 378 g/mol. The van der Waals surface area contributed by atoms with Crippen molar-refractivity contribution in [2.45, 2.75) is 19.0 Å². The highest BCUT2D eigenvalue weighted by Crippen LogP contribution is 2.23. The Balaban J connectivity index is 1.53. The second-order valence-corrected chi connectivity index (χ2v) is 7.26. The Hall–Kier alpha value is -2.70. The summed E-state index contributed by atoms with van der Waals surface area (Å²) in [7, 11) is 1.72. The van der Waals surface area contributed by atoms with Gasteiger partial charge in [0.15, 0.2) is 0 Å². The van der Waals surface area contributed by atoms with Crippen molar-refractivity contribution < 1.29 is 9.53 Å². The van der Waals surface area contributed by atoms with E-state index in [0.717, 1.165) is 48.1 Å². The van der Waals surface area contributed by atoms with Crippen molar-refractivity contribution >= 4 is 16.7 Å². The summed E-state index contributed by atoms with van der Waals surface area (Å²) in [5.41, 5.74) is 1.88. The number of fused-ring (bicyclic) bond motifs is 1. The van der Waals surface area contributed by atoms with Gasteiger partial charge in [-0.05, 0) is 23.3 Å². The lowest BCUT2D eigenvalue weighted by Crippen LogP contribution is -2.54. The van der Waals surface area contributed by atoms with E-state index in [1.807, 2.05) is 41.4 Å². The molecule has 28 heavy (non-hydrogen) atoms. The van der Waals surface area contributed by atoms with Crippen LogP contribution < -0.4 is 0 Å². The predicted molar refractivity (Wildman–Crippen MR) is 109 cm³/mol. The molecule has 6 heteroatoms. The summed E-state index contributed by atoms with van der Waals surface area (Å²) in [6.45, 7) is 3.76. The number of benzene rings is 2. The lowest BCUT2D eigenvalue weighted by Gasteiger charge is -2.41. The van der Waals surface area contributed by atoms with Crippen LogP contribution in [0.5, 0.6) is 0 Å². The standard InChI is InChI=1S/C22H26N4O2/c1-28-12-9-19-15-26(11-10-25(19)14-18-13-23-16-24-18)22(27)21-8-4-6-17-5-2-3-7-20(17)21/h2-8,13,16,19H,9-12,14-15H2,1H3,(H,23,24). The zero-order valence-electron chi connectivity index (χ0n) is 16.2. The second-order valence-electron chi connectivity index (χ2n) is 7.26. The summed E-state index contributed by atoms with van der Waals surface area (Å²) >= 11 is 0. The smallest absolute Gasteiger partial charge is 0.254 e. The Kier molecular flexibility index (Phi) is 5.69. The summed E-state index contributed by atoms with van der Waals surface area (Å²) in [5, 5.41) is 2.12. The number of hydrogen-bond donors (Lipinski definition) is 1. The fourth-order valence-corrected chi connectivity index (χ4v) is 3.99. The van der Waals surface area contributed by atoms with Crippen molar-refractivity contribution in [1.29, 1.82) is 0 Å². The molecule has 0 saturated carbocycles. The van der Waals surface area contributed by atoms with Gasteiger partial charge in [0.1, 0.15) is 0 Å². The summed E-state index contributed by atoms with van der Waals surface area (Å²) in [6.07, 6.45) is 4.46. The van der Waals surface area contributed by atoms with Crippen molar-refractivity contribution in [2.75, 3.05) is 33.4 Å². The Labute approximate surface area is 165 Å². The number of carbonyl (C=O) groups is 1. The molecule has 1 saturated heterocycles. The topological polar surface area (TPSA) is 61.5 Å². The second kappa shape index (κ2) is 8.54. The van der Waals surface area contributed by atoms with Gasteiger partial charge in [0.05, 0.1) is 6.33 Å². The van der Waals surface area contributed by atoms with Crippen molar-refractivity contribution in [3.05, 3.63) is 66.2 Å². The molecule has 4 rings (SSSR count). The van der Waals surface area contributed by atoms with E-state index in [1.54, 1.807) is 13.4 Å². The number of carbonyl (C=O) groups excluding carboxylic acids is 1. The first kappa shape index (κ1) is 18.7. The average Bonchev–Trinajstić information content (AvgIpc) is 3.25. The Bertz CT molecular complexity index is 920. The van der Waals surface area contributed by atoms with Crippen LogP contribution in [0.4, 0.5) is 0 Å². The molecule has 0 spiro atoms. The van der Waals surface area contributed by atoms with Crippen molar-refractivity contribution in [2.24, 2.45) is 0 Å². The maximum atomic E-state index is 13.3. The Morgan fingerprint density at radius 3 is 2.89 bits per heavy atom. The number of aromatic nitrogens is 2. The van der Waals surface area contributed by atoms with E-state index < -0.39 is 0 Å². The third kappa shape index (κ3) is 3.93. The van der Waals surface area contributed by atoms with E-state index in [-0.39, 0.29) is 11.9 Å².